The minimum absolute atomic E-state index is 1.10. The lowest BCUT2D eigenvalue weighted by Crippen LogP contribution is -2.43. The van der Waals surface area contributed by atoms with E-state index in [1.807, 2.05) is 0 Å². The lowest BCUT2D eigenvalue weighted by molar-refractivity contribution is 0.588. The number of anilines is 1. The van der Waals surface area contributed by atoms with Gasteiger partial charge in [-0.05, 0) is 30.2 Å². The number of aryl methyl sites for hydroxylation is 1. The van der Waals surface area contributed by atoms with E-state index in [4.69, 9.17) is 0 Å². The van der Waals surface area contributed by atoms with E-state index in [1.165, 1.54) is 15.7 Å². The van der Waals surface area contributed by atoms with E-state index in [1.54, 1.807) is 0 Å². The van der Waals surface area contributed by atoms with Gasteiger partial charge in [-0.25, -0.2) is 0 Å². The smallest absolute Gasteiger partial charge is 0.0400 e. The fourth-order valence-corrected chi connectivity index (χ4v) is 2.46. The first-order chi connectivity index (χ1) is 7.31. The van der Waals surface area contributed by atoms with Gasteiger partial charge in [-0.2, -0.15) is 0 Å². The molecule has 0 saturated carbocycles. The Morgan fingerprint density at radius 3 is 2.73 bits per heavy atom. The van der Waals surface area contributed by atoms with Crippen LogP contribution in [0.2, 0.25) is 0 Å². The molecule has 1 aromatic carbocycles. The molecular weight excluding hydrogens is 252 g/mol. The summed E-state index contributed by atoms with van der Waals surface area (Å²) in [6, 6.07) is 6.60. The number of halogens is 1. The Balaban J connectivity index is 2.25. The van der Waals surface area contributed by atoms with Crippen LogP contribution in [-0.2, 0) is 6.42 Å². The highest BCUT2D eigenvalue weighted by Crippen LogP contribution is 2.25. The Bertz CT molecular complexity index is 332. The van der Waals surface area contributed by atoms with E-state index >= 15 is 0 Å². The third kappa shape index (κ3) is 2.52. The van der Waals surface area contributed by atoms with Crippen LogP contribution < -0.4 is 10.2 Å². The predicted octanol–water partition coefficient (Wildman–Crippen LogP) is 2.42. The zero-order valence-corrected chi connectivity index (χ0v) is 10.7. The molecular formula is C12H17BrN2. The maximum Gasteiger partial charge on any atom is 0.0400 e. The van der Waals surface area contributed by atoms with Crippen LogP contribution in [0.25, 0.3) is 0 Å². The molecule has 0 aromatic heterocycles. The molecule has 0 radical (unpaired) electrons. The Kier molecular flexibility index (Phi) is 3.65. The second kappa shape index (κ2) is 4.99. The molecule has 82 valence electrons. The van der Waals surface area contributed by atoms with E-state index in [2.05, 4.69) is 51.3 Å². The average molecular weight is 269 g/mol. The van der Waals surface area contributed by atoms with Crippen LogP contribution in [0.4, 0.5) is 5.69 Å². The van der Waals surface area contributed by atoms with Gasteiger partial charge in [0.05, 0.1) is 0 Å². The van der Waals surface area contributed by atoms with Gasteiger partial charge in [0.1, 0.15) is 0 Å². The van der Waals surface area contributed by atoms with Crippen LogP contribution >= 0.6 is 15.9 Å². The SMILES string of the molecule is CCc1cc(Br)ccc1N1CCNCC1. The Morgan fingerprint density at radius 1 is 1.33 bits per heavy atom. The van der Waals surface area contributed by atoms with Crippen molar-refractivity contribution in [2.24, 2.45) is 0 Å². The molecule has 15 heavy (non-hydrogen) atoms. The fraction of sp³-hybridized carbons (Fsp3) is 0.500. The molecule has 1 aromatic rings. The maximum atomic E-state index is 3.53. The molecule has 1 aliphatic rings. The second-order valence-electron chi connectivity index (χ2n) is 3.86. The van der Waals surface area contributed by atoms with Gasteiger partial charge < -0.3 is 10.2 Å². The van der Waals surface area contributed by atoms with Crippen molar-refractivity contribution in [3.8, 4) is 0 Å². The first-order valence-corrected chi connectivity index (χ1v) is 6.34. The normalized spacial score (nSPS) is 16.8. The first kappa shape index (κ1) is 11.0. The van der Waals surface area contributed by atoms with Crippen molar-refractivity contribution in [2.75, 3.05) is 31.1 Å². The molecule has 0 amide bonds. The topological polar surface area (TPSA) is 15.3 Å². The van der Waals surface area contributed by atoms with Gasteiger partial charge in [-0.15, -0.1) is 0 Å². The minimum atomic E-state index is 1.10. The summed E-state index contributed by atoms with van der Waals surface area (Å²) in [4.78, 5) is 2.47. The number of hydrogen-bond acceptors (Lipinski definition) is 2. The highest BCUT2D eigenvalue weighted by Gasteiger charge is 2.13. The van der Waals surface area contributed by atoms with Crippen molar-refractivity contribution in [3.05, 3.63) is 28.2 Å². The summed E-state index contributed by atoms with van der Waals surface area (Å²) in [7, 11) is 0. The van der Waals surface area contributed by atoms with Gasteiger partial charge in [0.15, 0.2) is 0 Å². The predicted molar refractivity (Wildman–Crippen MR) is 68.6 cm³/mol. The summed E-state index contributed by atoms with van der Waals surface area (Å²) >= 11 is 3.53. The lowest BCUT2D eigenvalue weighted by atomic mass is 10.1. The second-order valence-corrected chi connectivity index (χ2v) is 4.78. The van der Waals surface area contributed by atoms with E-state index in [0.29, 0.717) is 0 Å². The number of hydrogen-bond donors (Lipinski definition) is 1. The highest BCUT2D eigenvalue weighted by molar-refractivity contribution is 9.10. The minimum Gasteiger partial charge on any atom is -0.369 e. The van der Waals surface area contributed by atoms with Gasteiger partial charge in [0.25, 0.3) is 0 Å². The van der Waals surface area contributed by atoms with Gasteiger partial charge in [-0.3, -0.25) is 0 Å². The quantitative estimate of drug-likeness (QED) is 0.887. The Hall–Kier alpha value is -0.540. The van der Waals surface area contributed by atoms with Crippen LogP contribution in [0, 0.1) is 0 Å². The summed E-state index contributed by atoms with van der Waals surface area (Å²) in [5.41, 5.74) is 2.84. The standard InChI is InChI=1S/C12H17BrN2/c1-2-10-9-11(13)3-4-12(10)15-7-5-14-6-8-15/h3-4,9,14H,2,5-8H2,1H3. The summed E-state index contributed by atoms with van der Waals surface area (Å²) in [6.07, 6.45) is 1.10. The van der Waals surface area contributed by atoms with Crippen molar-refractivity contribution in [3.63, 3.8) is 0 Å². The zero-order valence-electron chi connectivity index (χ0n) is 9.09. The molecule has 1 heterocycles. The van der Waals surface area contributed by atoms with Gasteiger partial charge in [0, 0.05) is 36.3 Å². The molecule has 1 saturated heterocycles. The summed E-state index contributed by atoms with van der Waals surface area (Å²) in [5.74, 6) is 0. The molecule has 1 aliphatic heterocycles. The third-order valence-corrected chi connectivity index (χ3v) is 3.37. The third-order valence-electron chi connectivity index (χ3n) is 2.88. The maximum absolute atomic E-state index is 3.53. The average Bonchev–Trinajstić information content (AvgIpc) is 2.30. The summed E-state index contributed by atoms with van der Waals surface area (Å²) in [5, 5.41) is 3.38. The van der Waals surface area contributed by atoms with E-state index in [0.717, 1.165) is 32.6 Å². The fourth-order valence-electron chi connectivity index (χ4n) is 2.05. The molecule has 1 N–H and O–H groups in total. The Labute approximate surface area is 99.8 Å². The molecule has 2 nitrogen and oxygen atoms in total. The van der Waals surface area contributed by atoms with Crippen molar-refractivity contribution < 1.29 is 0 Å². The van der Waals surface area contributed by atoms with Crippen molar-refractivity contribution >= 4 is 21.6 Å². The molecule has 0 spiro atoms. The van der Waals surface area contributed by atoms with Crippen LogP contribution in [-0.4, -0.2) is 26.2 Å². The zero-order chi connectivity index (χ0) is 10.7. The summed E-state index contributed by atoms with van der Waals surface area (Å²) < 4.78 is 1.18. The van der Waals surface area contributed by atoms with Crippen molar-refractivity contribution in [2.45, 2.75) is 13.3 Å². The van der Waals surface area contributed by atoms with Crippen LogP contribution in [0.5, 0.6) is 0 Å². The molecule has 0 aliphatic carbocycles. The van der Waals surface area contributed by atoms with Crippen LogP contribution in [0.15, 0.2) is 22.7 Å². The lowest BCUT2D eigenvalue weighted by Gasteiger charge is -2.31. The molecule has 0 unspecified atom stereocenters. The number of rotatable bonds is 2. The van der Waals surface area contributed by atoms with Gasteiger partial charge in [-0.1, -0.05) is 22.9 Å². The first-order valence-electron chi connectivity index (χ1n) is 5.55. The summed E-state index contributed by atoms with van der Waals surface area (Å²) in [6.45, 7) is 6.65. The molecule has 1 fully saturated rings. The van der Waals surface area contributed by atoms with Crippen molar-refractivity contribution in [1.29, 1.82) is 0 Å². The van der Waals surface area contributed by atoms with Crippen LogP contribution in [0.3, 0.4) is 0 Å². The molecule has 0 bridgehead atoms. The number of piperazine rings is 1. The number of nitrogens with one attached hydrogen (secondary N) is 1. The highest BCUT2D eigenvalue weighted by atomic mass is 79.9. The molecule has 0 atom stereocenters. The monoisotopic (exact) mass is 268 g/mol. The van der Waals surface area contributed by atoms with Crippen LogP contribution in [0.1, 0.15) is 12.5 Å². The number of benzene rings is 1. The van der Waals surface area contributed by atoms with E-state index in [9.17, 15) is 0 Å². The van der Waals surface area contributed by atoms with E-state index < -0.39 is 0 Å². The molecule has 2 rings (SSSR count). The van der Waals surface area contributed by atoms with E-state index in [-0.39, 0.29) is 0 Å². The number of nitrogens with zero attached hydrogens (tertiary/aromatic N) is 1. The largest absolute Gasteiger partial charge is 0.369 e. The van der Waals surface area contributed by atoms with Gasteiger partial charge >= 0.3 is 0 Å². The molecule has 3 heteroatoms. The Morgan fingerprint density at radius 2 is 2.07 bits per heavy atom. The van der Waals surface area contributed by atoms with Gasteiger partial charge in [0.2, 0.25) is 0 Å². The van der Waals surface area contributed by atoms with Crippen molar-refractivity contribution in [1.82, 2.24) is 5.32 Å².